The molecule has 6 heteroatoms. The summed E-state index contributed by atoms with van der Waals surface area (Å²) >= 11 is 0. The fourth-order valence-electron chi connectivity index (χ4n) is 1.74. The van der Waals surface area contributed by atoms with Crippen molar-refractivity contribution in [3.05, 3.63) is 40.9 Å². The summed E-state index contributed by atoms with van der Waals surface area (Å²) in [5.41, 5.74) is 1.67. The molecule has 90 valence electrons. The van der Waals surface area contributed by atoms with Crippen LogP contribution in [0.25, 0.3) is 11.5 Å². The van der Waals surface area contributed by atoms with E-state index in [1.807, 2.05) is 6.07 Å². The number of hydrogen-bond donors (Lipinski definition) is 0. The Morgan fingerprint density at radius 2 is 2.28 bits per heavy atom. The number of pyridine rings is 1. The molecule has 18 heavy (non-hydrogen) atoms. The molecule has 2 aromatic heterocycles. The molecule has 0 spiro atoms. The molecule has 1 saturated carbocycles. The minimum atomic E-state index is -0.929. The summed E-state index contributed by atoms with van der Waals surface area (Å²) in [6.07, 6.45) is 5.13. The highest BCUT2D eigenvalue weighted by molar-refractivity contribution is 5.92. The van der Waals surface area contributed by atoms with Gasteiger partial charge in [-0.25, -0.2) is 4.98 Å². The fraction of sp³-hybridized carbons (Fsp3) is 0.250. The molecule has 0 unspecified atom stereocenters. The molecular weight excluding hydrogens is 234 g/mol. The SMILES string of the molecule is O=NC(=O)c1coc(-c2ccnc(C3CC3)c2)n1. The third kappa shape index (κ3) is 1.92. The number of nitroso groups, excluding NO2 is 1. The summed E-state index contributed by atoms with van der Waals surface area (Å²) in [6.45, 7) is 0. The normalized spacial score (nSPS) is 14.4. The molecule has 1 fully saturated rings. The molecule has 2 heterocycles. The first-order chi connectivity index (χ1) is 8.78. The Balaban J connectivity index is 1.94. The van der Waals surface area contributed by atoms with Crippen LogP contribution in [0.1, 0.15) is 34.9 Å². The third-order valence-electron chi connectivity index (χ3n) is 2.83. The van der Waals surface area contributed by atoms with Gasteiger partial charge in [-0.1, -0.05) is 0 Å². The molecule has 0 bridgehead atoms. The van der Waals surface area contributed by atoms with Gasteiger partial charge in [-0.05, 0) is 25.0 Å². The quantitative estimate of drug-likeness (QED) is 0.773. The lowest BCUT2D eigenvalue weighted by molar-refractivity contribution is 0.0996. The minimum Gasteiger partial charge on any atom is -0.444 e. The molecule has 1 aliphatic carbocycles. The van der Waals surface area contributed by atoms with Crippen molar-refractivity contribution in [2.45, 2.75) is 18.8 Å². The molecule has 1 amide bonds. The summed E-state index contributed by atoms with van der Waals surface area (Å²) in [5.74, 6) is -0.106. The summed E-state index contributed by atoms with van der Waals surface area (Å²) in [6, 6.07) is 3.65. The van der Waals surface area contributed by atoms with Crippen LogP contribution in [0.5, 0.6) is 0 Å². The highest BCUT2D eigenvalue weighted by atomic mass is 16.3. The maximum Gasteiger partial charge on any atom is 0.338 e. The second-order valence-electron chi connectivity index (χ2n) is 4.18. The van der Waals surface area contributed by atoms with Gasteiger partial charge in [0, 0.05) is 28.5 Å². The number of aromatic nitrogens is 2. The van der Waals surface area contributed by atoms with Crippen LogP contribution in [0.4, 0.5) is 0 Å². The molecule has 0 N–H and O–H groups in total. The summed E-state index contributed by atoms with van der Waals surface area (Å²) in [4.78, 5) is 29.4. The van der Waals surface area contributed by atoms with Gasteiger partial charge < -0.3 is 4.42 Å². The van der Waals surface area contributed by atoms with Crippen LogP contribution in [-0.4, -0.2) is 15.9 Å². The topological polar surface area (TPSA) is 85.4 Å². The molecule has 0 aliphatic heterocycles. The van der Waals surface area contributed by atoms with Gasteiger partial charge in [0.1, 0.15) is 6.26 Å². The van der Waals surface area contributed by atoms with Crippen molar-refractivity contribution < 1.29 is 9.21 Å². The molecule has 0 radical (unpaired) electrons. The third-order valence-corrected chi connectivity index (χ3v) is 2.83. The van der Waals surface area contributed by atoms with Crippen LogP contribution < -0.4 is 0 Å². The average molecular weight is 243 g/mol. The standard InChI is InChI=1S/C12H9N3O3/c16-11(15-17)10-6-18-12(14-10)8-3-4-13-9(5-8)7-1-2-7/h3-7H,1-2H2. The first kappa shape index (κ1) is 10.8. The van der Waals surface area contributed by atoms with Crippen LogP contribution in [0.2, 0.25) is 0 Å². The van der Waals surface area contributed by atoms with Crippen LogP contribution in [0.3, 0.4) is 0 Å². The predicted molar refractivity (Wildman–Crippen MR) is 61.8 cm³/mol. The zero-order chi connectivity index (χ0) is 12.5. The number of carbonyl (C=O) groups is 1. The van der Waals surface area contributed by atoms with Crippen molar-refractivity contribution in [1.29, 1.82) is 0 Å². The lowest BCUT2D eigenvalue weighted by Crippen LogP contribution is -1.93. The summed E-state index contributed by atoms with van der Waals surface area (Å²) in [7, 11) is 0. The number of oxazole rings is 1. The predicted octanol–water partition coefficient (Wildman–Crippen LogP) is 2.52. The number of amides is 1. The monoisotopic (exact) mass is 243 g/mol. The van der Waals surface area contributed by atoms with Crippen LogP contribution in [0, 0.1) is 4.91 Å². The van der Waals surface area contributed by atoms with E-state index < -0.39 is 5.91 Å². The number of hydrogen-bond acceptors (Lipinski definition) is 5. The summed E-state index contributed by atoms with van der Waals surface area (Å²) < 4.78 is 5.17. The lowest BCUT2D eigenvalue weighted by Gasteiger charge is -1.99. The molecule has 6 nitrogen and oxygen atoms in total. The van der Waals surface area contributed by atoms with E-state index in [9.17, 15) is 9.70 Å². The molecule has 3 rings (SSSR count). The molecule has 2 aromatic rings. The van der Waals surface area contributed by atoms with Gasteiger partial charge in [0.2, 0.25) is 5.89 Å². The highest BCUT2D eigenvalue weighted by Gasteiger charge is 2.25. The van der Waals surface area contributed by atoms with E-state index in [1.165, 1.54) is 0 Å². The van der Waals surface area contributed by atoms with Crippen LogP contribution in [-0.2, 0) is 0 Å². The van der Waals surface area contributed by atoms with Crippen molar-refractivity contribution in [1.82, 2.24) is 9.97 Å². The van der Waals surface area contributed by atoms with E-state index in [1.54, 1.807) is 12.3 Å². The van der Waals surface area contributed by atoms with Gasteiger partial charge in [-0.3, -0.25) is 9.78 Å². The maximum absolute atomic E-state index is 11.0. The Hall–Kier alpha value is -2.37. The second-order valence-corrected chi connectivity index (χ2v) is 4.18. The van der Waals surface area contributed by atoms with Crippen molar-refractivity contribution in [3.8, 4) is 11.5 Å². The largest absolute Gasteiger partial charge is 0.444 e. The lowest BCUT2D eigenvalue weighted by atomic mass is 10.2. The Morgan fingerprint density at radius 3 is 3.00 bits per heavy atom. The Labute approximate surface area is 102 Å². The van der Waals surface area contributed by atoms with Gasteiger partial charge in [0.25, 0.3) is 0 Å². The number of nitrogens with zero attached hydrogens (tertiary/aromatic N) is 3. The van der Waals surface area contributed by atoms with Gasteiger partial charge in [-0.15, -0.1) is 4.91 Å². The highest BCUT2D eigenvalue weighted by Crippen LogP contribution is 2.39. The Morgan fingerprint density at radius 1 is 1.44 bits per heavy atom. The molecule has 0 atom stereocenters. The first-order valence-electron chi connectivity index (χ1n) is 5.57. The van der Waals surface area contributed by atoms with E-state index in [4.69, 9.17) is 4.42 Å². The van der Waals surface area contributed by atoms with Crippen molar-refractivity contribution in [3.63, 3.8) is 0 Å². The second kappa shape index (κ2) is 4.14. The molecular formula is C12H9N3O3. The minimum absolute atomic E-state index is 0.0789. The molecule has 0 aromatic carbocycles. The van der Waals surface area contributed by atoms with Gasteiger partial charge in [0.05, 0.1) is 0 Å². The van der Waals surface area contributed by atoms with E-state index >= 15 is 0 Å². The Kier molecular flexibility index (Phi) is 2.47. The van der Waals surface area contributed by atoms with E-state index in [0.717, 1.165) is 30.4 Å². The Bertz CT molecular complexity index is 617. The van der Waals surface area contributed by atoms with Crippen molar-refractivity contribution in [2.24, 2.45) is 5.18 Å². The van der Waals surface area contributed by atoms with Crippen LogP contribution in [0.15, 0.2) is 34.2 Å². The van der Waals surface area contributed by atoms with E-state index in [-0.39, 0.29) is 5.69 Å². The van der Waals surface area contributed by atoms with Gasteiger partial charge in [-0.2, -0.15) is 0 Å². The van der Waals surface area contributed by atoms with Gasteiger partial charge >= 0.3 is 5.91 Å². The number of carbonyl (C=O) groups excluding carboxylic acids is 1. The van der Waals surface area contributed by atoms with E-state index in [2.05, 4.69) is 15.1 Å². The van der Waals surface area contributed by atoms with Crippen molar-refractivity contribution >= 4 is 5.91 Å². The average Bonchev–Trinajstić information content (AvgIpc) is 3.15. The first-order valence-corrected chi connectivity index (χ1v) is 5.57. The van der Waals surface area contributed by atoms with Crippen molar-refractivity contribution in [2.75, 3.05) is 0 Å². The molecule has 0 saturated heterocycles. The zero-order valence-corrected chi connectivity index (χ0v) is 9.37. The van der Waals surface area contributed by atoms with E-state index in [0.29, 0.717) is 11.8 Å². The number of rotatable bonds is 3. The molecule has 1 aliphatic rings. The van der Waals surface area contributed by atoms with Gasteiger partial charge in [0.15, 0.2) is 5.69 Å². The smallest absolute Gasteiger partial charge is 0.338 e. The zero-order valence-electron chi connectivity index (χ0n) is 9.37. The van der Waals surface area contributed by atoms with Crippen LogP contribution >= 0.6 is 0 Å². The fourth-order valence-corrected chi connectivity index (χ4v) is 1.74. The maximum atomic E-state index is 11.0. The summed E-state index contributed by atoms with van der Waals surface area (Å²) in [5, 5.41) is 2.30.